The molecular weight excluding hydrogens is 347 g/mol. The van der Waals surface area contributed by atoms with Gasteiger partial charge in [-0.2, -0.15) is 0 Å². The number of aliphatic hydroxyl groups excluding tert-OH is 1. The maximum Gasteiger partial charge on any atom is 0.191 e. The summed E-state index contributed by atoms with van der Waals surface area (Å²) in [7, 11) is 1.97. The normalized spacial score (nSPS) is 19.9. The van der Waals surface area contributed by atoms with Crippen LogP contribution in [0.5, 0.6) is 0 Å². The number of nitrogens with one attached hydrogen (secondary N) is 2. The van der Waals surface area contributed by atoms with Crippen LogP contribution in [0.1, 0.15) is 26.2 Å². The predicted octanol–water partition coefficient (Wildman–Crippen LogP) is 2.00. The van der Waals surface area contributed by atoms with E-state index >= 15 is 0 Å². The third-order valence-electron chi connectivity index (χ3n) is 4.96. The monoisotopic (exact) mass is 380 g/mol. The summed E-state index contributed by atoms with van der Waals surface area (Å²) >= 11 is 0. The fourth-order valence-corrected chi connectivity index (χ4v) is 3.24. The first kappa shape index (κ1) is 21.4. The summed E-state index contributed by atoms with van der Waals surface area (Å²) in [5.74, 6) is 0.571. The standard InChI is InChI=1S/C20H33FN4O2/c1-3-22-19(24-15-20(8-12-26)9-13-27-16-20)23-10-5-11-25(2)18-7-4-6-17(21)14-18/h4,6-7,14,26H,3,5,8-13,15-16H2,1-2H3,(H2,22,23,24). The van der Waals surface area contributed by atoms with Crippen LogP contribution < -0.4 is 15.5 Å². The number of halogens is 1. The molecule has 2 rings (SSSR count). The molecule has 152 valence electrons. The zero-order valence-corrected chi connectivity index (χ0v) is 16.5. The van der Waals surface area contributed by atoms with Gasteiger partial charge in [-0.15, -0.1) is 0 Å². The minimum Gasteiger partial charge on any atom is -0.396 e. The zero-order chi connectivity index (χ0) is 19.5. The van der Waals surface area contributed by atoms with Crippen LogP contribution in [-0.2, 0) is 4.74 Å². The first-order valence-corrected chi connectivity index (χ1v) is 9.76. The van der Waals surface area contributed by atoms with Crippen LogP contribution in [-0.4, -0.2) is 64.1 Å². The highest BCUT2D eigenvalue weighted by Crippen LogP contribution is 2.32. The Balaban J connectivity index is 1.79. The number of aliphatic imine (C=N–C) groups is 1. The van der Waals surface area contributed by atoms with Crippen molar-refractivity contribution in [3.8, 4) is 0 Å². The Hall–Kier alpha value is -1.86. The second-order valence-electron chi connectivity index (χ2n) is 7.15. The SMILES string of the molecule is CCNC(=NCC1(CCO)CCOC1)NCCCN(C)c1cccc(F)c1. The van der Waals surface area contributed by atoms with Crippen molar-refractivity contribution in [2.24, 2.45) is 10.4 Å². The first-order chi connectivity index (χ1) is 13.1. The smallest absolute Gasteiger partial charge is 0.191 e. The van der Waals surface area contributed by atoms with Crippen molar-refractivity contribution in [1.29, 1.82) is 0 Å². The fourth-order valence-electron chi connectivity index (χ4n) is 3.24. The predicted molar refractivity (Wildman–Crippen MR) is 108 cm³/mol. The maximum atomic E-state index is 13.3. The molecule has 27 heavy (non-hydrogen) atoms. The number of hydrogen-bond donors (Lipinski definition) is 3. The topological polar surface area (TPSA) is 69.1 Å². The Labute approximate surface area is 161 Å². The van der Waals surface area contributed by atoms with Crippen LogP contribution in [0, 0.1) is 11.2 Å². The number of anilines is 1. The van der Waals surface area contributed by atoms with E-state index < -0.39 is 0 Å². The van der Waals surface area contributed by atoms with Crippen molar-refractivity contribution in [1.82, 2.24) is 10.6 Å². The quantitative estimate of drug-likeness (QED) is 0.329. The molecule has 0 saturated carbocycles. The van der Waals surface area contributed by atoms with Gasteiger partial charge >= 0.3 is 0 Å². The summed E-state index contributed by atoms with van der Waals surface area (Å²) in [6.07, 6.45) is 2.56. The highest BCUT2D eigenvalue weighted by atomic mass is 19.1. The molecule has 0 aromatic heterocycles. The maximum absolute atomic E-state index is 13.3. The highest BCUT2D eigenvalue weighted by molar-refractivity contribution is 5.79. The lowest BCUT2D eigenvalue weighted by Crippen LogP contribution is -2.40. The van der Waals surface area contributed by atoms with Crippen molar-refractivity contribution < 1.29 is 14.2 Å². The lowest BCUT2D eigenvalue weighted by Gasteiger charge is -2.25. The molecule has 7 heteroatoms. The number of rotatable bonds is 10. The number of hydrogen-bond acceptors (Lipinski definition) is 4. The molecule has 1 atom stereocenters. The van der Waals surface area contributed by atoms with Crippen molar-refractivity contribution in [2.45, 2.75) is 26.2 Å². The molecule has 6 nitrogen and oxygen atoms in total. The molecule has 3 N–H and O–H groups in total. The third kappa shape index (κ3) is 6.99. The van der Waals surface area contributed by atoms with Gasteiger partial charge in [-0.1, -0.05) is 6.07 Å². The van der Waals surface area contributed by atoms with Crippen LogP contribution in [0.3, 0.4) is 0 Å². The van der Waals surface area contributed by atoms with Gasteiger partial charge in [-0.3, -0.25) is 4.99 Å². The summed E-state index contributed by atoms with van der Waals surface area (Å²) < 4.78 is 18.8. The van der Waals surface area contributed by atoms with Gasteiger partial charge in [0.05, 0.1) is 13.2 Å². The molecule has 1 saturated heterocycles. The zero-order valence-electron chi connectivity index (χ0n) is 16.5. The Morgan fingerprint density at radius 3 is 2.93 bits per heavy atom. The number of aliphatic hydroxyl groups is 1. The van der Waals surface area contributed by atoms with Crippen LogP contribution in [0.15, 0.2) is 29.3 Å². The largest absolute Gasteiger partial charge is 0.396 e. The Morgan fingerprint density at radius 2 is 2.26 bits per heavy atom. The lowest BCUT2D eigenvalue weighted by atomic mass is 9.84. The summed E-state index contributed by atoms with van der Waals surface area (Å²) in [4.78, 5) is 6.76. The second kappa shape index (κ2) is 11.1. The van der Waals surface area contributed by atoms with Crippen molar-refractivity contribution >= 4 is 11.6 Å². The van der Waals surface area contributed by atoms with Gasteiger partial charge in [0.25, 0.3) is 0 Å². The Kier molecular flexibility index (Phi) is 8.81. The van der Waals surface area contributed by atoms with Crippen LogP contribution in [0.2, 0.25) is 0 Å². The number of benzene rings is 1. The molecule has 1 unspecified atom stereocenters. The van der Waals surface area contributed by atoms with Crippen molar-refractivity contribution in [3.05, 3.63) is 30.1 Å². The molecule has 1 aromatic carbocycles. The van der Waals surface area contributed by atoms with E-state index in [0.717, 1.165) is 50.7 Å². The molecular formula is C20H33FN4O2. The van der Waals surface area contributed by atoms with E-state index in [1.165, 1.54) is 6.07 Å². The van der Waals surface area contributed by atoms with E-state index in [0.29, 0.717) is 19.6 Å². The average molecular weight is 381 g/mol. The minimum atomic E-state index is -0.216. The molecule has 1 aliphatic heterocycles. The van der Waals surface area contributed by atoms with E-state index in [2.05, 4.69) is 10.6 Å². The fraction of sp³-hybridized carbons (Fsp3) is 0.650. The van der Waals surface area contributed by atoms with Crippen LogP contribution in [0.25, 0.3) is 0 Å². The second-order valence-corrected chi connectivity index (χ2v) is 7.15. The molecule has 1 aliphatic rings. The van der Waals surface area contributed by atoms with Crippen LogP contribution >= 0.6 is 0 Å². The van der Waals surface area contributed by atoms with Gasteiger partial charge in [0.1, 0.15) is 5.82 Å². The van der Waals surface area contributed by atoms with E-state index in [-0.39, 0.29) is 17.8 Å². The first-order valence-electron chi connectivity index (χ1n) is 9.76. The molecule has 0 radical (unpaired) electrons. The number of guanidine groups is 1. The van der Waals surface area contributed by atoms with Gasteiger partial charge in [0.15, 0.2) is 5.96 Å². The lowest BCUT2D eigenvalue weighted by molar-refractivity contribution is 0.131. The molecule has 1 heterocycles. The van der Waals surface area contributed by atoms with E-state index in [9.17, 15) is 9.50 Å². The summed E-state index contributed by atoms with van der Waals surface area (Å²) in [6, 6.07) is 6.64. The van der Waals surface area contributed by atoms with E-state index in [4.69, 9.17) is 9.73 Å². The third-order valence-corrected chi connectivity index (χ3v) is 4.96. The summed E-state index contributed by atoms with van der Waals surface area (Å²) in [5.41, 5.74) is 0.831. The van der Waals surface area contributed by atoms with Crippen molar-refractivity contribution in [2.75, 3.05) is 57.9 Å². The van der Waals surface area contributed by atoms with Crippen LogP contribution in [0.4, 0.5) is 10.1 Å². The molecule has 0 aliphatic carbocycles. The van der Waals surface area contributed by atoms with Gasteiger partial charge in [-0.25, -0.2) is 4.39 Å². The van der Waals surface area contributed by atoms with Gasteiger partial charge < -0.3 is 25.4 Å². The Morgan fingerprint density at radius 1 is 1.41 bits per heavy atom. The van der Waals surface area contributed by atoms with Crippen molar-refractivity contribution in [3.63, 3.8) is 0 Å². The molecule has 0 amide bonds. The summed E-state index contributed by atoms with van der Waals surface area (Å²) in [5, 5.41) is 16.0. The summed E-state index contributed by atoms with van der Waals surface area (Å²) in [6.45, 7) is 6.63. The highest BCUT2D eigenvalue weighted by Gasteiger charge is 2.34. The van der Waals surface area contributed by atoms with Gasteiger partial charge in [-0.05, 0) is 44.4 Å². The molecule has 1 fully saturated rings. The Bertz CT molecular complexity index is 591. The average Bonchev–Trinajstić information content (AvgIpc) is 3.12. The van der Waals surface area contributed by atoms with E-state index in [1.807, 2.05) is 24.9 Å². The molecule has 0 bridgehead atoms. The van der Waals surface area contributed by atoms with Gasteiger partial charge in [0, 0.05) is 51.0 Å². The number of ether oxygens (including phenoxy) is 1. The number of nitrogens with zero attached hydrogens (tertiary/aromatic N) is 2. The molecule has 1 aromatic rings. The van der Waals surface area contributed by atoms with Gasteiger partial charge in [0.2, 0.25) is 0 Å². The minimum absolute atomic E-state index is 0.0469. The van der Waals surface area contributed by atoms with E-state index in [1.54, 1.807) is 12.1 Å². The molecule has 0 spiro atoms.